The van der Waals surface area contributed by atoms with E-state index in [-0.39, 0.29) is 5.91 Å². The van der Waals surface area contributed by atoms with E-state index in [1.807, 2.05) is 16.6 Å². The quantitative estimate of drug-likeness (QED) is 0.618. The first-order chi connectivity index (χ1) is 16.0. The third-order valence-corrected chi connectivity index (χ3v) is 7.25. The molecule has 1 amide bonds. The van der Waals surface area contributed by atoms with Crippen LogP contribution in [0.25, 0.3) is 11.1 Å². The predicted octanol–water partition coefficient (Wildman–Crippen LogP) is 3.15. The van der Waals surface area contributed by atoms with Gasteiger partial charge in [0.1, 0.15) is 0 Å². The van der Waals surface area contributed by atoms with Crippen LogP contribution >= 0.6 is 0 Å². The second-order valence-electron chi connectivity index (χ2n) is 9.48. The summed E-state index contributed by atoms with van der Waals surface area (Å²) in [5.74, 6) is 1.14. The monoisotopic (exact) mass is 446 g/mol. The molecule has 0 aliphatic carbocycles. The molecule has 0 spiro atoms. The van der Waals surface area contributed by atoms with Gasteiger partial charge in [-0.15, -0.1) is 0 Å². The van der Waals surface area contributed by atoms with Crippen LogP contribution in [0.3, 0.4) is 0 Å². The Kier molecular flexibility index (Phi) is 4.79. The summed E-state index contributed by atoms with van der Waals surface area (Å²) in [5.41, 5.74) is 8.48. The molecule has 0 bridgehead atoms. The number of fused-ring (bicyclic) bond motifs is 2. The van der Waals surface area contributed by atoms with Crippen LogP contribution in [-0.4, -0.2) is 56.7 Å². The summed E-state index contributed by atoms with van der Waals surface area (Å²) in [4.78, 5) is 16.5. The molecule has 33 heavy (non-hydrogen) atoms. The lowest BCUT2D eigenvalue weighted by Crippen LogP contribution is -2.37. The molecule has 6 rings (SSSR count). The average molecular weight is 447 g/mol. The van der Waals surface area contributed by atoms with Crippen molar-refractivity contribution in [2.24, 2.45) is 7.05 Å². The number of anilines is 2. The summed E-state index contributed by atoms with van der Waals surface area (Å²) >= 11 is 0. The minimum atomic E-state index is 0.127. The summed E-state index contributed by atoms with van der Waals surface area (Å²) in [6, 6.07) is 7.05. The summed E-state index contributed by atoms with van der Waals surface area (Å²) in [7, 11) is 1.97. The van der Waals surface area contributed by atoms with E-state index in [1.54, 1.807) is 6.92 Å². The van der Waals surface area contributed by atoms with Gasteiger partial charge in [0.2, 0.25) is 5.91 Å². The van der Waals surface area contributed by atoms with Crippen molar-refractivity contribution in [3.8, 4) is 11.1 Å². The van der Waals surface area contributed by atoms with Gasteiger partial charge in [0.25, 0.3) is 0 Å². The van der Waals surface area contributed by atoms with Gasteiger partial charge in [-0.1, -0.05) is 6.07 Å². The molecular weight excluding hydrogens is 416 g/mol. The van der Waals surface area contributed by atoms with E-state index in [9.17, 15) is 4.79 Å². The summed E-state index contributed by atoms with van der Waals surface area (Å²) < 4.78 is 9.53. The fraction of sp³-hybridized carbons (Fsp3) is 0.480. The number of aromatic nitrogens is 4. The van der Waals surface area contributed by atoms with E-state index in [0.717, 1.165) is 43.9 Å². The van der Waals surface area contributed by atoms with Gasteiger partial charge in [0.05, 0.1) is 31.5 Å². The summed E-state index contributed by atoms with van der Waals surface area (Å²) in [6.07, 6.45) is 5.07. The SMILES string of the molecule is CC(=O)N1CCc2c(c(N3CCCc4cc(-c5cn(C)nc5C)ccc43)nn2C2COC2)C1. The molecule has 1 aromatic carbocycles. The van der Waals surface area contributed by atoms with Gasteiger partial charge in [-0.25, -0.2) is 0 Å². The van der Waals surface area contributed by atoms with E-state index in [0.29, 0.717) is 25.8 Å². The Morgan fingerprint density at radius 2 is 2.00 bits per heavy atom. The van der Waals surface area contributed by atoms with Crippen molar-refractivity contribution < 1.29 is 9.53 Å². The van der Waals surface area contributed by atoms with Crippen LogP contribution in [0.5, 0.6) is 0 Å². The van der Waals surface area contributed by atoms with Crippen molar-refractivity contribution in [2.45, 2.75) is 45.7 Å². The first-order valence-electron chi connectivity index (χ1n) is 11.8. The Morgan fingerprint density at radius 1 is 1.15 bits per heavy atom. The van der Waals surface area contributed by atoms with Crippen LogP contribution in [0.1, 0.15) is 41.9 Å². The molecule has 0 radical (unpaired) electrons. The number of ether oxygens (including phenoxy) is 1. The van der Waals surface area contributed by atoms with Crippen LogP contribution in [-0.2, 0) is 36.0 Å². The highest BCUT2D eigenvalue weighted by Gasteiger charge is 2.34. The number of nitrogens with zero attached hydrogens (tertiary/aromatic N) is 6. The lowest BCUT2D eigenvalue weighted by atomic mass is 9.96. The van der Waals surface area contributed by atoms with E-state index < -0.39 is 0 Å². The zero-order valence-electron chi connectivity index (χ0n) is 19.5. The third-order valence-electron chi connectivity index (χ3n) is 7.25. The van der Waals surface area contributed by atoms with Crippen molar-refractivity contribution in [3.05, 3.63) is 46.9 Å². The number of hydrogen-bond acceptors (Lipinski definition) is 5. The van der Waals surface area contributed by atoms with Crippen molar-refractivity contribution in [2.75, 3.05) is 31.2 Å². The predicted molar refractivity (Wildman–Crippen MR) is 126 cm³/mol. The number of amides is 1. The molecule has 3 aliphatic heterocycles. The number of carbonyl (C=O) groups is 1. The van der Waals surface area contributed by atoms with Gasteiger partial charge in [0, 0.05) is 62.2 Å². The van der Waals surface area contributed by atoms with Gasteiger partial charge >= 0.3 is 0 Å². The first kappa shape index (κ1) is 20.5. The largest absolute Gasteiger partial charge is 0.377 e. The van der Waals surface area contributed by atoms with Crippen LogP contribution in [0.15, 0.2) is 24.4 Å². The fourth-order valence-corrected chi connectivity index (χ4v) is 5.45. The summed E-state index contributed by atoms with van der Waals surface area (Å²) in [6.45, 7) is 7.47. The van der Waals surface area contributed by atoms with Crippen molar-refractivity contribution in [1.29, 1.82) is 0 Å². The molecule has 172 valence electrons. The minimum Gasteiger partial charge on any atom is -0.377 e. The number of aryl methyl sites for hydroxylation is 3. The maximum Gasteiger partial charge on any atom is 0.219 e. The normalized spacial score (nSPS) is 18.2. The van der Waals surface area contributed by atoms with Gasteiger partial charge in [-0.3, -0.25) is 14.2 Å². The van der Waals surface area contributed by atoms with Crippen LogP contribution < -0.4 is 4.90 Å². The Hall–Kier alpha value is -3.13. The van der Waals surface area contributed by atoms with E-state index in [1.165, 1.54) is 33.6 Å². The standard InChI is InChI=1S/C25H30N6O2/c1-16-21(12-28(3)26-16)18-6-7-23-19(11-18)5-4-9-30(23)25-22-13-29(17(2)32)10-8-24(22)31(27-25)20-14-33-15-20/h6-7,11-12,20H,4-5,8-10,13-15H2,1-3H3. The molecule has 0 N–H and O–H groups in total. The molecule has 1 fully saturated rings. The molecule has 0 atom stereocenters. The fourth-order valence-electron chi connectivity index (χ4n) is 5.45. The second kappa shape index (κ2) is 7.73. The molecule has 3 aromatic rings. The van der Waals surface area contributed by atoms with Crippen LogP contribution in [0.2, 0.25) is 0 Å². The number of hydrogen-bond donors (Lipinski definition) is 0. The molecule has 2 aromatic heterocycles. The average Bonchev–Trinajstić information content (AvgIpc) is 3.30. The van der Waals surface area contributed by atoms with Gasteiger partial charge in [-0.05, 0) is 43.0 Å². The molecular formula is C25H30N6O2. The highest BCUT2D eigenvalue weighted by molar-refractivity contribution is 5.76. The molecule has 3 aliphatic rings. The number of rotatable bonds is 3. The summed E-state index contributed by atoms with van der Waals surface area (Å²) in [5, 5.41) is 9.65. The third kappa shape index (κ3) is 3.35. The van der Waals surface area contributed by atoms with E-state index in [2.05, 4.69) is 46.0 Å². The second-order valence-corrected chi connectivity index (χ2v) is 9.48. The maximum atomic E-state index is 12.2. The van der Waals surface area contributed by atoms with Crippen LogP contribution in [0.4, 0.5) is 11.5 Å². The maximum absolute atomic E-state index is 12.2. The van der Waals surface area contributed by atoms with Gasteiger partial charge < -0.3 is 14.5 Å². The van der Waals surface area contributed by atoms with Gasteiger partial charge in [-0.2, -0.15) is 10.2 Å². The zero-order valence-corrected chi connectivity index (χ0v) is 19.5. The van der Waals surface area contributed by atoms with Crippen molar-refractivity contribution >= 4 is 17.4 Å². The van der Waals surface area contributed by atoms with E-state index >= 15 is 0 Å². The lowest BCUT2D eigenvalue weighted by molar-refractivity contribution is -0.129. The van der Waals surface area contributed by atoms with Crippen molar-refractivity contribution in [3.63, 3.8) is 0 Å². The molecule has 0 unspecified atom stereocenters. The Balaban J connectivity index is 1.42. The zero-order chi connectivity index (χ0) is 22.7. The van der Waals surface area contributed by atoms with Gasteiger partial charge in [0.15, 0.2) is 5.82 Å². The molecule has 8 nitrogen and oxygen atoms in total. The molecule has 8 heteroatoms. The smallest absolute Gasteiger partial charge is 0.219 e. The Bertz CT molecular complexity index is 1240. The van der Waals surface area contributed by atoms with E-state index in [4.69, 9.17) is 9.84 Å². The lowest BCUT2D eigenvalue weighted by Gasteiger charge is -2.33. The minimum absolute atomic E-state index is 0.127. The number of benzene rings is 1. The Labute approximate surface area is 193 Å². The topological polar surface area (TPSA) is 68.4 Å². The highest BCUT2D eigenvalue weighted by Crippen LogP contribution is 2.40. The molecule has 0 saturated carbocycles. The Morgan fingerprint density at radius 3 is 2.70 bits per heavy atom. The first-order valence-corrected chi connectivity index (χ1v) is 11.8. The molecule has 5 heterocycles. The molecule has 1 saturated heterocycles. The number of carbonyl (C=O) groups excluding carboxylic acids is 1. The van der Waals surface area contributed by atoms with Crippen molar-refractivity contribution in [1.82, 2.24) is 24.5 Å². The highest BCUT2D eigenvalue weighted by atomic mass is 16.5. The van der Waals surface area contributed by atoms with Crippen LogP contribution in [0, 0.1) is 6.92 Å².